The normalized spacial score (nSPS) is 10.6. The van der Waals surface area contributed by atoms with Gasteiger partial charge in [-0.05, 0) is 13.8 Å². The van der Waals surface area contributed by atoms with Crippen molar-refractivity contribution in [3.05, 3.63) is 34.0 Å². The van der Waals surface area contributed by atoms with E-state index < -0.39 is 0 Å². The van der Waals surface area contributed by atoms with Crippen molar-refractivity contribution in [2.75, 3.05) is 0 Å². The first-order chi connectivity index (χ1) is 7.09. The van der Waals surface area contributed by atoms with Gasteiger partial charge in [0.1, 0.15) is 5.82 Å². The Bertz CT molecular complexity index is 553. The van der Waals surface area contributed by atoms with Crippen molar-refractivity contribution in [1.82, 2.24) is 19.7 Å². The maximum absolute atomic E-state index is 11.2. The van der Waals surface area contributed by atoms with E-state index in [2.05, 4.69) is 15.1 Å². The standard InChI is InChI=1S/C10H12N4O/c1-6-9(7(2)14(3)13-6)10-11-5-4-8(15)12-10/h4-5H,1-3H3,(H,11,12,15). The van der Waals surface area contributed by atoms with Gasteiger partial charge >= 0.3 is 0 Å². The third-order valence-electron chi connectivity index (χ3n) is 2.42. The third kappa shape index (κ3) is 1.56. The molecule has 0 bridgehead atoms. The van der Waals surface area contributed by atoms with E-state index in [9.17, 15) is 4.79 Å². The van der Waals surface area contributed by atoms with Crippen molar-refractivity contribution in [1.29, 1.82) is 0 Å². The molecule has 2 aromatic heterocycles. The summed E-state index contributed by atoms with van der Waals surface area (Å²) < 4.78 is 1.78. The lowest BCUT2D eigenvalue weighted by molar-refractivity contribution is 0.731. The first kappa shape index (κ1) is 9.64. The van der Waals surface area contributed by atoms with Crippen molar-refractivity contribution >= 4 is 0 Å². The summed E-state index contributed by atoms with van der Waals surface area (Å²) >= 11 is 0. The molecule has 0 saturated heterocycles. The average molecular weight is 204 g/mol. The van der Waals surface area contributed by atoms with Gasteiger partial charge in [0, 0.05) is 25.0 Å². The number of rotatable bonds is 1. The maximum Gasteiger partial charge on any atom is 0.251 e. The zero-order valence-electron chi connectivity index (χ0n) is 8.90. The zero-order chi connectivity index (χ0) is 11.0. The minimum atomic E-state index is -0.150. The van der Waals surface area contributed by atoms with Crippen molar-refractivity contribution in [3.8, 4) is 11.4 Å². The number of H-pyrrole nitrogens is 1. The van der Waals surface area contributed by atoms with Gasteiger partial charge in [-0.3, -0.25) is 9.48 Å². The van der Waals surface area contributed by atoms with Crippen LogP contribution in [0.25, 0.3) is 11.4 Å². The summed E-state index contributed by atoms with van der Waals surface area (Å²) in [7, 11) is 1.87. The summed E-state index contributed by atoms with van der Waals surface area (Å²) in [6, 6.07) is 1.39. The highest BCUT2D eigenvalue weighted by Crippen LogP contribution is 2.21. The Balaban J connectivity index is 2.68. The predicted molar refractivity (Wildman–Crippen MR) is 56.5 cm³/mol. The fourth-order valence-electron chi connectivity index (χ4n) is 1.61. The molecular formula is C10H12N4O. The van der Waals surface area contributed by atoms with E-state index in [0.717, 1.165) is 17.0 Å². The number of hydrogen-bond acceptors (Lipinski definition) is 3. The molecule has 0 atom stereocenters. The molecule has 78 valence electrons. The lowest BCUT2D eigenvalue weighted by Crippen LogP contribution is -2.06. The largest absolute Gasteiger partial charge is 0.306 e. The van der Waals surface area contributed by atoms with Crippen LogP contribution >= 0.6 is 0 Å². The second-order valence-corrected chi connectivity index (χ2v) is 3.45. The van der Waals surface area contributed by atoms with Crippen molar-refractivity contribution in [2.45, 2.75) is 13.8 Å². The quantitative estimate of drug-likeness (QED) is 0.746. The maximum atomic E-state index is 11.2. The molecule has 0 unspecified atom stereocenters. The minimum Gasteiger partial charge on any atom is -0.306 e. The van der Waals surface area contributed by atoms with Gasteiger partial charge in [-0.15, -0.1) is 0 Å². The summed E-state index contributed by atoms with van der Waals surface area (Å²) in [5.74, 6) is 0.575. The second kappa shape index (κ2) is 3.34. The Morgan fingerprint density at radius 1 is 1.40 bits per heavy atom. The topological polar surface area (TPSA) is 63.6 Å². The Labute approximate surface area is 86.8 Å². The number of aryl methyl sites for hydroxylation is 2. The number of hydrogen-bond donors (Lipinski definition) is 1. The fraction of sp³-hybridized carbons (Fsp3) is 0.300. The Morgan fingerprint density at radius 2 is 2.13 bits per heavy atom. The van der Waals surface area contributed by atoms with Gasteiger partial charge in [0.25, 0.3) is 5.56 Å². The molecule has 1 N–H and O–H groups in total. The molecular weight excluding hydrogens is 192 g/mol. The van der Waals surface area contributed by atoms with Gasteiger partial charge in [0.2, 0.25) is 0 Å². The van der Waals surface area contributed by atoms with E-state index in [1.807, 2.05) is 20.9 Å². The molecule has 0 saturated carbocycles. The van der Waals surface area contributed by atoms with Crippen LogP contribution in [0.15, 0.2) is 17.1 Å². The molecule has 2 rings (SSSR count). The van der Waals surface area contributed by atoms with E-state index in [-0.39, 0.29) is 5.56 Å². The number of aromatic amines is 1. The van der Waals surface area contributed by atoms with Crippen LogP contribution in [0.1, 0.15) is 11.4 Å². The number of aromatic nitrogens is 4. The van der Waals surface area contributed by atoms with E-state index in [1.165, 1.54) is 12.3 Å². The lowest BCUT2D eigenvalue weighted by Gasteiger charge is -1.99. The van der Waals surface area contributed by atoms with Crippen LogP contribution in [-0.2, 0) is 7.05 Å². The van der Waals surface area contributed by atoms with Crippen LogP contribution in [0, 0.1) is 13.8 Å². The first-order valence-corrected chi connectivity index (χ1v) is 4.65. The van der Waals surface area contributed by atoms with Gasteiger partial charge in [0.05, 0.1) is 11.3 Å². The van der Waals surface area contributed by atoms with Crippen LogP contribution in [-0.4, -0.2) is 19.7 Å². The van der Waals surface area contributed by atoms with Crippen molar-refractivity contribution in [2.24, 2.45) is 7.05 Å². The van der Waals surface area contributed by atoms with Crippen LogP contribution < -0.4 is 5.56 Å². The van der Waals surface area contributed by atoms with Crippen LogP contribution in [0.3, 0.4) is 0 Å². The molecule has 0 amide bonds. The van der Waals surface area contributed by atoms with Gasteiger partial charge < -0.3 is 4.98 Å². The third-order valence-corrected chi connectivity index (χ3v) is 2.42. The molecule has 5 heteroatoms. The molecule has 0 fully saturated rings. The van der Waals surface area contributed by atoms with Crippen molar-refractivity contribution < 1.29 is 0 Å². The highest BCUT2D eigenvalue weighted by atomic mass is 16.1. The number of nitrogens with zero attached hydrogens (tertiary/aromatic N) is 3. The Hall–Kier alpha value is -1.91. The smallest absolute Gasteiger partial charge is 0.251 e. The summed E-state index contributed by atoms with van der Waals surface area (Å²) in [6.45, 7) is 3.84. The van der Waals surface area contributed by atoms with Gasteiger partial charge in [-0.25, -0.2) is 4.98 Å². The summed E-state index contributed by atoms with van der Waals surface area (Å²) in [6.07, 6.45) is 1.50. The zero-order valence-corrected chi connectivity index (χ0v) is 8.90. The second-order valence-electron chi connectivity index (χ2n) is 3.45. The van der Waals surface area contributed by atoms with Gasteiger partial charge in [-0.2, -0.15) is 5.10 Å². The predicted octanol–water partition coefficient (Wildman–Crippen LogP) is 0.787. The van der Waals surface area contributed by atoms with Crippen molar-refractivity contribution in [3.63, 3.8) is 0 Å². The van der Waals surface area contributed by atoms with E-state index >= 15 is 0 Å². The van der Waals surface area contributed by atoms with Crippen LogP contribution in [0.2, 0.25) is 0 Å². The SMILES string of the molecule is Cc1nn(C)c(C)c1-c1nccc(=O)[nH]1. The molecule has 0 aliphatic rings. The summed E-state index contributed by atoms with van der Waals surface area (Å²) in [4.78, 5) is 18.0. The monoisotopic (exact) mass is 204 g/mol. The van der Waals surface area contributed by atoms with Crippen LogP contribution in [0.4, 0.5) is 0 Å². The molecule has 2 aromatic rings. The molecule has 5 nitrogen and oxygen atoms in total. The van der Waals surface area contributed by atoms with E-state index in [0.29, 0.717) is 5.82 Å². The summed E-state index contributed by atoms with van der Waals surface area (Å²) in [5.41, 5.74) is 2.60. The summed E-state index contributed by atoms with van der Waals surface area (Å²) in [5, 5.41) is 4.27. The molecule has 2 heterocycles. The fourth-order valence-corrected chi connectivity index (χ4v) is 1.61. The number of nitrogens with one attached hydrogen (secondary N) is 1. The average Bonchev–Trinajstić information content (AvgIpc) is 2.41. The van der Waals surface area contributed by atoms with Gasteiger partial charge in [0.15, 0.2) is 0 Å². The molecule has 0 radical (unpaired) electrons. The minimum absolute atomic E-state index is 0.150. The molecule has 0 aliphatic heterocycles. The molecule has 0 aliphatic carbocycles. The van der Waals surface area contributed by atoms with Crippen LogP contribution in [0.5, 0.6) is 0 Å². The first-order valence-electron chi connectivity index (χ1n) is 4.65. The van der Waals surface area contributed by atoms with E-state index in [1.54, 1.807) is 4.68 Å². The van der Waals surface area contributed by atoms with E-state index in [4.69, 9.17) is 0 Å². The molecule has 0 aromatic carbocycles. The highest BCUT2D eigenvalue weighted by Gasteiger charge is 2.12. The Kier molecular flexibility index (Phi) is 2.15. The highest BCUT2D eigenvalue weighted by molar-refractivity contribution is 5.60. The molecule has 0 spiro atoms. The Morgan fingerprint density at radius 3 is 2.67 bits per heavy atom. The molecule has 15 heavy (non-hydrogen) atoms. The lowest BCUT2D eigenvalue weighted by atomic mass is 10.2. The van der Waals surface area contributed by atoms with Gasteiger partial charge in [-0.1, -0.05) is 0 Å².